The summed E-state index contributed by atoms with van der Waals surface area (Å²) in [6.07, 6.45) is 0. The van der Waals surface area contributed by atoms with Gasteiger partial charge in [-0.3, -0.25) is 0 Å². The van der Waals surface area contributed by atoms with E-state index in [0.717, 1.165) is 66.9 Å². The van der Waals surface area contributed by atoms with Gasteiger partial charge in [0.15, 0.2) is 0 Å². The Morgan fingerprint density at radius 1 is 0.302 bits per heavy atom. The smallest absolute Gasteiger partial charge is 0.137 e. The van der Waals surface area contributed by atoms with E-state index in [1.54, 1.807) is 0 Å². The summed E-state index contributed by atoms with van der Waals surface area (Å²) in [5.41, 5.74) is 17.8. The van der Waals surface area contributed by atoms with Crippen molar-refractivity contribution in [2.75, 3.05) is 4.90 Å². The highest BCUT2D eigenvalue weighted by Crippen LogP contribution is 2.48. The fourth-order valence-corrected chi connectivity index (χ4v) is 9.59. The molecule has 3 heteroatoms. The number of benzene rings is 10. The molecule has 3 nitrogen and oxygen atoms in total. The predicted octanol–water partition coefficient (Wildman–Crippen LogP) is 16.8. The lowest BCUT2D eigenvalue weighted by Crippen LogP contribution is -2.11. The van der Waals surface area contributed by atoms with Crippen molar-refractivity contribution < 1.29 is 4.42 Å². The molecule has 2 heterocycles. The van der Waals surface area contributed by atoms with Crippen molar-refractivity contribution in [3.63, 3.8) is 0 Å². The monoisotopic (exact) mass is 804 g/mol. The zero-order valence-electron chi connectivity index (χ0n) is 34.4. The van der Waals surface area contributed by atoms with Gasteiger partial charge in [-0.25, -0.2) is 0 Å². The fourth-order valence-electron chi connectivity index (χ4n) is 9.59. The van der Waals surface area contributed by atoms with E-state index in [1.807, 2.05) is 6.07 Å². The van der Waals surface area contributed by atoms with Crippen LogP contribution in [-0.4, -0.2) is 4.57 Å². The van der Waals surface area contributed by atoms with Crippen LogP contribution in [0.3, 0.4) is 0 Å². The molecular formula is C60H40N2O. The molecular weight excluding hydrogens is 765 g/mol. The molecule has 0 spiro atoms. The molecule has 0 aliphatic carbocycles. The van der Waals surface area contributed by atoms with Crippen LogP contribution in [0.5, 0.6) is 0 Å². The first kappa shape index (κ1) is 36.5. The van der Waals surface area contributed by atoms with Crippen molar-refractivity contribution in [3.8, 4) is 50.2 Å². The van der Waals surface area contributed by atoms with E-state index in [9.17, 15) is 0 Å². The molecule has 0 saturated carbocycles. The minimum Gasteiger partial charge on any atom is -0.456 e. The van der Waals surface area contributed by atoms with Crippen LogP contribution in [0.15, 0.2) is 247 Å². The molecule has 0 atom stereocenters. The summed E-state index contributed by atoms with van der Waals surface area (Å²) >= 11 is 0. The molecule has 0 unspecified atom stereocenters. The third kappa shape index (κ3) is 6.21. The molecule has 0 bridgehead atoms. The standard InChI is InChI=1S/C60H40N2O/c1-2-17-43(18-3-1)46-19-4-5-20-47(46)48-21-6-7-22-49(48)50-23-8-12-27-54(50)62(57-30-16-32-59-60(57)53-26-11-15-31-58(53)63-59)45-39-35-42(36-40-45)41-33-37-44(38-34-41)61-55-28-13-9-24-51(55)52-25-10-14-29-56(52)61/h1-40H. The van der Waals surface area contributed by atoms with Gasteiger partial charge in [0.2, 0.25) is 0 Å². The lowest BCUT2D eigenvalue weighted by molar-refractivity contribution is 0.669. The first-order chi connectivity index (χ1) is 31.3. The summed E-state index contributed by atoms with van der Waals surface area (Å²) in [7, 11) is 0. The Labute approximate surface area is 366 Å². The summed E-state index contributed by atoms with van der Waals surface area (Å²) in [6.45, 7) is 0. The molecule has 0 radical (unpaired) electrons. The Morgan fingerprint density at radius 3 is 1.46 bits per heavy atom. The maximum atomic E-state index is 6.49. The number of anilines is 3. The average Bonchev–Trinajstić information content (AvgIpc) is 3.91. The molecule has 0 aliphatic rings. The van der Waals surface area contributed by atoms with Crippen LogP contribution in [0, 0.1) is 0 Å². The molecule has 2 aromatic heterocycles. The highest BCUT2D eigenvalue weighted by Gasteiger charge is 2.23. The van der Waals surface area contributed by atoms with Gasteiger partial charge in [-0.2, -0.15) is 0 Å². The Bertz CT molecular complexity index is 3560. The van der Waals surface area contributed by atoms with Crippen molar-refractivity contribution >= 4 is 60.8 Å². The van der Waals surface area contributed by atoms with E-state index in [2.05, 4.69) is 246 Å². The van der Waals surface area contributed by atoms with E-state index in [1.165, 1.54) is 44.1 Å². The van der Waals surface area contributed by atoms with Gasteiger partial charge in [-0.15, -0.1) is 0 Å². The van der Waals surface area contributed by atoms with E-state index in [4.69, 9.17) is 4.42 Å². The average molecular weight is 805 g/mol. The Kier molecular flexibility index (Phi) is 8.83. The topological polar surface area (TPSA) is 21.3 Å². The van der Waals surface area contributed by atoms with Crippen LogP contribution in [0.4, 0.5) is 17.1 Å². The van der Waals surface area contributed by atoms with E-state index < -0.39 is 0 Å². The Morgan fingerprint density at radius 2 is 0.778 bits per heavy atom. The van der Waals surface area contributed by atoms with Crippen LogP contribution in [-0.2, 0) is 0 Å². The number of furan rings is 1. The molecule has 12 rings (SSSR count). The van der Waals surface area contributed by atoms with Crippen molar-refractivity contribution in [2.45, 2.75) is 0 Å². The van der Waals surface area contributed by atoms with E-state index >= 15 is 0 Å². The number of fused-ring (bicyclic) bond motifs is 6. The number of para-hydroxylation sites is 4. The van der Waals surface area contributed by atoms with Crippen LogP contribution in [0.25, 0.3) is 93.9 Å². The highest BCUT2D eigenvalue weighted by atomic mass is 16.3. The van der Waals surface area contributed by atoms with E-state index in [0.29, 0.717) is 0 Å². The summed E-state index contributed by atoms with van der Waals surface area (Å²) in [6, 6.07) is 87.1. The Balaban J connectivity index is 1.000. The largest absolute Gasteiger partial charge is 0.456 e. The minimum absolute atomic E-state index is 0.855. The van der Waals surface area contributed by atoms with E-state index in [-0.39, 0.29) is 0 Å². The van der Waals surface area contributed by atoms with Gasteiger partial charge in [0.1, 0.15) is 11.2 Å². The van der Waals surface area contributed by atoms with Gasteiger partial charge in [-0.1, -0.05) is 182 Å². The van der Waals surface area contributed by atoms with Crippen molar-refractivity contribution in [1.82, 2.24) is 4.57 Å². The summed E-state index contributed by atoms with van der Waals surface area (Å²) in [5.74, 6) is 0. The second-order valence-corrected chi connectivity index (χ2v) is 16.0. The molecule has 10 aromatic carbocycles. The highest BCUT2D eigenvalue weighted by molar-refractivity contribution is 6.14. The molecule has 0 amide bonds. The van der Waals surface area contributed by atoms with Gasteiger partial charge >= 0.3 is 0 Å². The second-order valence-electron chi connectivity index (χ2n) is 16.0. The maximum absolute atomic E-state index is 6.49. The minimum atomic E-state index is 0.855. The van der Waals surface area contributed by atoms with Crippen molar-refractivity contribution in [2.24, 2.45) is 0 Å². The van der Waals surface area contributed by atoms with Crippen LogP contribution < -0.4 is 4.90 Å². The van der Waals surface area contributed by atoms with Gasteiger partial charge < -0.3 is 13.9 Å². The number of hydrogen-bond acceptors (Lipinski definition) is 2. The molecule has 63 heavy (non-hydrogen) atoms. The van der Waals surface area contributed by atoms with Gasteiger partial charge in [0.05, 0.1) is 27.8 Å². The molecule has 0 N–H and O–H groups in total. The lowest BCUT2D eigenvalue weighted by Gasteiger charge is -2.29. The first-order valence-electron chi connectivity index (χ1n) is 21.5. The molecule has 0 aliphatic heterocycles. The summed E-state index contributed by atoms with van der Waals surface area (Å²) in [5, 5.41) is 4.69. The third-order valence-corrected chi connectivity index (χ3v) is 12.5. The predicted molar refractivity (Wildman–Crippen MR) is 264 cm³/mol. The van der Waals surface area contributed by atoms with Crippen molar-refractivity contribution in [3.05, 3.63) is 243 Å². The van der Waals surface area contributed by atoms with Gasteiger partial charge in [0, 0.05) is 33.1 Å². The zero-order chi connectivity index (χ0) is 41.7. The van der Waals surface area contributed by atoms with Gasteiger partial charge in [-0.05, 0) is 99.6 Å². The SMILES string of the molecule is c1ccc(-c2ccccc2-c2ccccc2-c2ccccc2N(c2ccc(-c3ccc(-n4c5ccccc5c5ccccc54)cc3)cc2)c2cccc3oc4ccccc4c23)cc1. The third-order valence-electron chi connectivity index (χ3n) is 12.5. The zero-order valence-corrected chi connectivity index (χ0v) is 34.4. The quantitative estimate of drug-likeness (QED) is 0.153. The molecule has 0 fully saturated rings. The second kappa shape index (κ2) is 15.3. The fraction of sp³-hybridized carbons (Fsp3) is 0. The number of rotatable bonds is 8. The first-order valence-corrected chi connectivity index (χ1v) is 21.5. The Hall–Kier alpha value is -8.40. The number of hydrogen-bond donors (Lipinski definition) is 0. The number of aromatic nitrogens is 1. The van der Waals surface area contributed by atoms with Gasteiger partial charge in [0.25, 0.3) is 0 Å². The summed E-state index contributed by atoms with van der Waals surface area (Å²) < 4.78 is 8.86. The van der Waals surface area contributed by atoms with Crippen LogP contribution in [0.1, 0.15) is 0 Å². The molecule has 296 valence electrons. The van der Waals surface area contributed by atoms with Crippen LogP contribution >= 0.6 is 0 Å². The van der Waals surface area contributed by atoms with Crippen LogP contribution in [0.2, 0.25) is 0 Å². The normalized spacial score (nSPS) is 11.5. The summed E-state index contributed by atoms with van der Waals surface area (Å²) in [4.78, 5) is 2.41. The molecule has 12 aromatic rings. The number of nitrogens with zero attached hydrogens (tertiary/aromatic N) is 2. The maximum Gasteiger partial charge on any atom is 0.137 e. The van der Waals surface area contributed by atoms with Crippen molar-refractivity contribution in [1.29, 1.82) is 0 Å². The molecule has 0 saturated heterocycles. The lowest BCUT2D eigenvalue weighted by atomic mass is 9.88.